The van der Waals surface area contributed by atoms with E-state index in [9.17, 15) is 59.9 Å². The van der Waals surface area contributed by atoms with E-state index in [2.05, 4.69) is 5.32 Å². The maximum absolute atomic E-state index is 14.5. The van der Waals surface area contributed by atoms with Crippen LogP contribution in [-0.2, 0) is 36.2 Å². The van der Waals surface area contributed by atoms with Crippen LogP contribution in [0.1, 0.15) is 168 Å². The summed E-state index contributed by atoms with van der Waals surface area (Å²) in [7, 11) is 0. The summed E-state index contributed by atoms with van der Waals surface area (Å²) < 4.78 is 109. The monoisotopic (exact) mass is 1170 g/mol. The SMILES string of the molecule is CC(C)N(C(=O)c1cc2c(cc1C(F)(F)F)OC(C)(C)C(=O)N2CCN)[C@@H]1CCCN(C(=O)OC(C)(C)C)C1.CCC(=O)NCCN1C(=O)C(C)(C)Oc2cc(C(F)(F)F)c(C(=O)N(C(C)C)[C@@H]3CCCN(C(=O)OC(C)(C)C)C3)cc21. The van der Waals surface area contributed by atoms with Gasteiger partial charge in [0.05, 0.1) is 45.7 Å². The van der Waals surface area contributed by atoms with Crippen LogP contribution in [0.3, 0.4) is 0 Å². The molecule has 2 aromatic rings. The van der Waals surface area contributed by atoms with Crippen LogP contribution in [0.5, 0.6) is 11.5 Å². The predicted molar refractivity (Wildman–Crippen MR) is 294 cm³/mol. The number of likely N-dealkylation sites (tertiary alicyclic amines) is 2. The second kappa shape index (κ2) is 25.1. The molecule has 2 saturated heterocycles. The van der Waals surface area contributed by atoms with E-state index in [0.717, 1.165) is 24.3 Å². The summed E-state index contributed by atoms with van der Waals surface area (Å²) in [6, 6.07) is 1.59. The summed E-state index contributed by atoms with van der Waals surface area (Å²) in [6.45, 7) is 25.9. The number of nitrogens with two attached hydrogens (primary N) is 1. The van der Waals surface area contributed by atoms with Gasteiger partial charge in [0.2, 0.25) is 5.91 Å². The molecule has 7 amide bonds. The fraction of sp³-hybridized carbons (Fsp3) is 0.667. The minimum Gasteiger partial charge on any atom is -0.476 e. The molecule has 4 aliphatic rings. The molecule has 0 aliphatic carbocycles. The van der Waals surface area contributed by atoms with Crippen molar-refractivity contribution in [1.82, 2.24) is 24.9 Å². The molecule has 82 heavy (non-hydrogen) atoms. The molecule has 0 aromatic heterocycles. The number of nitrogens with zero attached hydrogens (tertiary/aromatic N) is 6. The third kappa shape index (κ3) is 15.8. The topological polar surface area (TPSA) is 214 Å². The first-order valence-electron chi connectivity index (χ1n) is 27.7. The summed E-state index contributed by atoms with van der Waals surface area (Å²) in [5, 5.41) is 2.66. The first kappa shape index (κ1) is 66.3. The molecule has 4 aliphatic heterocycles. The number of alkyl halides is 6. The normalized spacial score (nSPS) is 19.0. The van der Waals surface area contributed by atoms with Crippen molar-refractivity contribution in [3.8, 4) is 11.5 Å². The number of benzene rings is 2. The number of amides is 7. The van der Waals surface area contributed by atoms with Crippen molar-refractivity contribution in [2.24, 2.45) is 5.73 Å². The number of nitrogens with one attached hydrogen (secondary N) is 1. The van der Waals surface area contributed by atoms with E-state index >= 15 is 0 Å². The summed E-state index contributed by atoms with van der Waals surface area (Å²) in [5.74, 6) is -3.31. The lowest BCUT2D eigenvalue weighted by molar-refractivity contribution is -0.139. The average Bonchev–Trinajstić information content (AvgIpc) is 3.34. The summed E-state index contributed by atoms with van der Waals surface area (Å²) >= 11 is 0. The number of anilines is 2. The summed E-state index contributed by atoms with van der Waals surface area (Å²) in [6.07, 6.45) is -8.57. The van der Waals surface area contributed by atoms with Gasteiger partial charge < -0.3 is 59.4 Å². The molecule has 2 fully saturated rings. The highest BCUT2D eigenvalue weighted by molar-refractivity contribution is 6.06. The van der Waals surface area contributed by atoms with Crippen LogP contribution in [0.2, 0.25) is 0 Å². The van der Waals surface area contributed by atoms with Crippen molar-refractivity contribution in [2.75, 3.05) is 62.2 Å². The highest BCUT2D eigenvalue weighted by Crippen LogP contribution is 2.46. The number of hydrogen-bond acceptors (Lipinski definition) is 12. The van der Waals surface area contributed by atoms with Crippen molar-refractivity contribution in [2.45, 2.75) is 195 Å². The fourth-order valence-corrected chi connectivity index (χ4v) is 10.3. The molecule has 4 heterocycles. The van der Waals surface area contributed by atoms with Crippen molar-refractivity contribution in [3.05, 3.63) is 46.5 Å². The number of hydrogen-bond donors (Lipinski definition) is 2. The Bertz CT molecular complexity index is 2720. The summed E-state index contributed by atoms with van der Waals surface area (Å²) in [4.78, 5) is 99.9. The van der Waals surface area contributed by atoms with E-state index in [1.807, 2.05) is 0 Å². The molecular formula is C57H82F6N8O11. The highest BCUT2D eigenvalue weighted by Gasteiger charge is 2.48. The van der Waals surface area contributed by atoms with Crippen molar-refractivity contribution >= 4 is 53.1 Å². The maximum atomic E-state index is 14.5. The van der Waals surface area contributed by atoms with Gasteiger partial charge in [-0.15, -0.1) is 0 Å². The third-order valence-electron chi connectivity index (χ3n) is 13.9. The number of ether oxygens (including phenoxy) is 4. The lowest BCUT2D eigenvalue weighted by atomic mass is 9.96. The predicted octanol–water partition coefficient (Wildman–Crippen LogP) is 9.40. The second-order valence-corrected chi connectivity index (χ2v) is 24.4. The fourth-order valence-electron chi connectivity index (χ4n) is 10.3. The molecule has 25 heteroatoms. The van der Waals surface area contributed by atoms with Gasteiger partial charge in [0.25, 0.3) is 23.6 Å². The number of carbonyl (C=O) groups excluding carboxylic acids is 7. The molecule has 0 saturated carbocycles. The van der Waals surface area contributed by atoms with Crippen LogP contribution in [0.15, 0.2) is 24.3 Å². The molecule has 2 atom stereocenters. The Balaban J connectivity index is 0.000000302. The van der Waals surface area contributed by atoms with Crippen molar-refractivity contribution in [3.63, 3.8) is 0 Å². The van der Waals surface area contributed by atoms with Gasteiger partial charge in [-0.25, -0.2) is 9.59 Å². The minimum absolute atomic E-state index is 0.00848. The van der Waals surface area contributed by atoms with Crippen LogP contribution in [0.25, 0.3) is 0 Å². The van der Waals surface area contributed by atoms with Crippen LogP contribution in [0.4, 0.5) is 47.3 Å². The van der Waals surface area contributed by atoms with Gasteiger partial charge in [-0.05, 0) is 147 Å². The molecule has 0 spiro atoms. The van der Waals surface area contributed by atoms with Crippen molar-refractivity contribution in [1.29, 1.82) is 0 Å². The molecule has 19 nitrogen and oxygen atoms in total. The molecular weight excluding hydrogens is 1090 g/mol. The lowest BCUT2D eigenvalue weighted by Crippen LogP contribution is -2.55. The second-order valence-electron chi connectivity index (χ2n) is 24.4. The number of halogens is 6. The van der Waals surface area contributed by atoms with Crippen molar-refractivity contribution < 1.29 is 78.9 Å². The van der Waals surface area contributed by atoms with E-state index in [4.69, 9.17) is 24.7 Å². The molecule has 0 unspecified atom stereocenters. The van der Waals surface area contributed by atoms with Gasteiger partial charge in [0.1, 0.15) is 22.7 Å². The van der Waals surface area contributed by atoms with E-state index < -0.39 is 117 Å². The van der Waals surface area contributed by atoms with Crippen LogP contribution in [0, 0.1) is 0 Å². The Hall–Kier alpha value is -6.53. The van der Waals surface area contributed by atoms with E-state index in [1.54, 1.807) is 76.2 Å². The number of piperidine rings is 2. The Morgan fingerprint density at radius 3 is 1.34 bits per heavy atom. The Kier molecular flexibility index (Phi) is 20.3. The number of fused-ring (bicyclic) bond motifs is 2. The molecule has 3 N–H and O–H groups in total. The highest BCUT2D eigenvalue weighted by atomic mass is 19.4. The lowest BCUT2D eigenvalue weighted by Gasteiger charge is -2.42. The third-order valence-corrected chi connectivity index (χ3v) is 13.9. The molecule has 458 valence electrons. The van der Waals surface area contributed by atoms with E-state index in [1.165, 1.54) is 57.1 Å². The van der Waals surface area contributed by atoms with E-state index in [-0.39, 0.29) is 74.5 Å². The molecule has 0 radical (unpaired) electrons. The number of rotatable bonds is 12. The average molecular weight is 1170 g/mol. The van der Waals surface area contributed by atoms with Gasteiger partial charge in [-0.3, -0.25) is 24.0 Å². The van der Waals surface area contributed by atoms with Gasteiger partial charge in [-0.2, -0.15) is 26.3 Å². The van der Waals surface area contributed by atoms with Crippen LogP contribution >= 0.6 is 0 Å². The molecule has 2 aromatic carbocycles. The maximum Gasteiger partial charge on any atom is 0.417 e. The standard InChI is InChI=1S/C30H43F3N4O6.C27H39F3N4O5/c1-9-24(38)34-12-14-36-22-15-20(21(30(31,32)33)16-23(22)42-29(7,8)26(36)40)25(39)37(18(2)3)19-11-10-13-35(17-19)27(41)43-28(4,5)6;1-16(2)34(17-9-8-11-32(15-17)24(37)39-25(3,4)5)22(35)18-13-20-21(14-19(18)27(28,29)30)38-26(6,7)23(36)33(20)12-10-31/h15-16,18-19H,9-14,17H2,1-8H3,(H,34,38);13-14,16-17H,8-12,15,31H2,1-7H3/t19-;17-/m11/s1. The Morgan fingerprint density at radius 2 is 1.02 bits per heavy atom. The zero-order chi connectivity index (χ0) is 62.0. The molecule has 0 bridgehead atoms. The summed E-state index contributed by atoms with van der Waals surface area (Å²) in [5.41, 5.74) is -2.15. The first-order chi connectivity index (χ1) is 37.6. The Labute approximate surface area is 476 Å². The zero-order valence-electron chi connectivity index (χ0n) is 49.8. The smallest absolute Gasteiger partial charge is 0.417 e. The molecule has 6 rings (SSSR count). The first-order valence-corrected chi connectivity index (χ1v) is 27.7. The van der Waals surface area contributed by atoms with Gasteiger partial charge in [0.15, 0.2) is 11.2 Å². The largest absolute Gasteiger partial charge is 0.476 e. The van der Waals surface area contributed by atoms with Gasteiger partial charge >= 0.3 is 24.5 Å². The van der Waals surface area contributed by atoms with Gasteiger partial charge in [0, 0.05) is 70.9 Å². The Morgan fingerprint density at radius 1 is 0.659 bits per heavy atom. The quantitative estimate of drug-likeness (QED) is 0.190. The minimum atomic E-state index is -4.91. The van der Waals surface area contributed by atoms with E-state index in [0.29, 0.717) is 38.8 Å². The van der Waals surface area contributed by atoms with Crippen LogP contribution < -0.4 is 30.3 Å². The van der Waals surface area contributed by atoms with Crippen LogP contribution in [-0.4, -0.2) is 160 Å². The number of carbonyl (C=O) groups is 7. The van der Waals surface area contributed by atoms with Gasteiger partial charge in [-0.1, -0.05) is 6.92 Å². The zero-order valence-corrected chi connectivity index (χ0v) is 49.8.